The molecule has 0 aliphatic heterocycles. The summed E-state index contributed by atoms with van der Waals surface area (Å²) in [5.74, 6) is 1.04. The van der Waals surface area contributed by atoms with Crippen molar-refractivity contribution in [3.8, 4) is 11.5 Å². The van der Waals surface area contributed by atoms with E-state index in [9.17, 15) is 18.5 Å². The third-order valence-electron chi connectivity index (χ3n) is 4.36. The predicted octanol–water partition coefficient (Wildman–Crippen LogP) is 4.51. The van der Waals surface area contributed by atoms with E-state index in [1.165, 1.54) is 44.7 Å². The van der Waals surface area contributed by atoms with Crippen molar-refractivity contribution in [2.75, 3.05) is 24.4 Å². The van der Waals surface area contributed by atoms with Crippen LogP contribution < -0.4 is 19.6 Å². The van der Waals surface area contributed by atoms with E-state index in [0.29, 0.717) is 22.1 Å². The van der Waals surface area contributed by atoms with Crippen LogP contribution in [0.1, 0.15) is 5.56 Å². The van der Waals surface area contributed by atoms with Crippen LogP contribution in [0.25, 0.3) is 0 Å². The van der Waals surface area contributed by atoms with E-state index in [1.54, 1.807) is 30.3 Å². The Morgan fingerprint density at radius 1 is 1.03 bits per heavy atom. The van der Waals surface area contributed by atoms with Crippen LogP contribution in [0.5, 0.6) is 11.5 Å². The molecule has 0 heterocycles. The zero-order chi connectivity index (χ0) is 24.0. The molecule has 0 aliphatic carbocycles. The van der Waals surface area contributed by atoms with Gasteiger partial charge in [0.05, 0.1) is 35.9 Å². The summed E-state index contributed by atoms with van der Waals surface area (Å²) in [5.41, 5.74) is 2.99. The average Bonchev–Trinajstić information content (AvgIpc) is 2.78. The van der Waals surface area contributed by atoms with Gasteiger partial charge in [0, 0.05) is 11.1 Å². The lowest BCUT2D eigenvalue weighted by atomic mass is 10.2. The molecule has 2 N–H and O–H groups in total. The maximum atomic E-state index is 12.7. The first-order valence-electron chi connectivity index (χ1n) is 9.31. The van der Waals surface area contributed by atoms with Gasteiger partial charge in [0.25, 0.3) is 15.7 Å². The number of nitro groups is 1. The Kier molecular flexibility index (Phi) is 7.36. The number of methoxy groups -OCH3 is 2. The van der Waals surface area contributed by atoms with E-state index in [4.69, 9.17) is 21.1 Å². The van der Waals surface area contributed by atoms with Crippen molar-refractivity contribution >= 4 is 44.9 Å². The van der Waals surface area contributed by atoms with E-state index in [2.05, 4.69) is 15.2 Å². The molecule has 33 heavy (non-hydrogen) atoms. The highest BCUT2D eigenvalue weighted by molar-refractivity contribution is 7.92. The highest BCUT2D eigenvalue weighted by atomic mass is 35.5. The molecule has 0 amide bonds. The summed E-state index contributed by atoms with van der Waals surface area (Å²) in [6.07, 6.45) is 1.43. The molecular formula is C21H19ClN4O6S. The molecule has 3 aromatic rings. The Balaban J connectivity index is 1.83. The Hall–Kier alpha value is -3.83. The molecule has 10 nitrogen and oxygen atoms in total. The standard InChI is InChI=1S/C21H19ClN4O6S/c1-31-20-9-6-14(10-21(20)32-2)13-23-24-18-8-7-17(12-19(18)26(27)28)33(29,30)25-16-5-3-4-15(22)11-16/h3-13,24-25H,1-2H3/b23-13-. The molecule has 12 heteroatoms. The number of benzene rings is 3. The van der Waals surface area contributed by atoms with E-state index in [0.717, 1.165) is 6.07 Å². The van der Waals surface area contributed by atoms with Gasteiger partial charge in [-0.25, -0.2) is 8.42 Å². The summed E-state index contributed by atoms with van der Waals surface area (Å²) in [4.78, 5) is 10.6. The molecule has 0 saturated heterocycles. The van der Waals surface area contributed by atoms with Gasteiger partial charge < -0.3 is 9.47 Å². The Morgan fingerprint density at radius 3 is 2.45 bits per heavy atom. The predicted molar refractivity (Wildman–Crippen MR) is 126 cm³/mol. The topological polar surface area (TPSA) is 132 Å². The first kappa shape index (κ1) is 23.8. The van der Waals surface area contributed by atoms with E-state index in [-0.39, 0.29) is 16.3 Å². The molecule has 0 atom stereocenters. The second-order valence-electron chi connectivity index (χ2n) is 6.54. The maximum Gasteiger partial charge on any atom is 0.295 e. The monoisotopic (exact) mass is 490 g/mol. The second kappa shape index (κ2) is 10.2. The molecular weight excluding hydrogens is 472 g/mol. The molecule has 0 saturated carbocycles. The van der Waals surface area contributed by atoms with Gasteiger partial charge >= 0.3 is 0 Å². The Bertz CT molecular complexity index is 1310. The van der Waals surface area contributed by atoms with Crippen molar-refractivity contribution in [3.05, 3.63) is 81.4 Å². The van der Waals surface area contributed by atoms with Gasteiger partial charge in [0.15, 0.2) is 11.5 Å². The minimum Gasteiger partial charge on any atom is -0.493 e. The van der Waals surface area contributed by atoms with Crippen LogP contribution in [0.4, 0.5) is 17.1 Å². The zero-order valence-electron chi connectivity index (χ0n) is 17.5. The number of anilines is 2. The molecule has 0 spiro atoms. The number of hydrazone groups is 1. The van der Waals surface area contributed by atoms with Gasteiger partial charge in [0.2, 0.25) is 0 Å². The summed E-state index contributed by atoms with van der Waals surface area (Å²) in [6.45, 7) is 0. The Labute approximate surface area is 195 Å². The van der Waals surface area contributed by atoms with Crippen molar-refractivity contribution in [2.45, 2.75) is 4.90 Å². The second-order valence-corrected chi connectivity index (χ2v) is 8.66. The Morgan fingerprint density at radius 2 is 1.79 bits per heavy atom. The van der Waals surface area contributed by atoms with Gasteiger partial charge in [-0.1, -0.05) is 17.7 Å². The fourth-order valence-electron chi connectivity index (χ4n) is 2.80. The number of nitrogens with one attached hydrogen (secondary N) is 2. The zero-order valence-corrected chi connectivity index (χ0v) is 19.1. The number of nitrogens with zero attached hydrogens (tertiary/aromatic N) is 2. The number of hydrogen-bond acceptors (Lipinski definition) is 8. The van der Waals surface area contributed by atoms with Crippen LogP contribution in [0.3, 0.4) is 0 Å². The van der Waals surface area contributed by atoms with Crippen molar-refractivity contribution in [1.82, 2.24) is 0 Å². The van der Waals surface area contributed by atoms with Crippen molar-refractivity contribution < 1.29 is 22.8 Å². The lowest BCUT2D eigenvalue weighted by molar-refractivity contribution is -0.384. The first-order valence-corrected chi connectivity index (χ1v) is 11.2. The summed E-state index contributed by atoms with van der Waals surface area (Å²) >= 11 is 5.87. The third kappa shape index (κ3) is 5.90. The lowest BCUT2D eigenvalue weighted by Gasteiger charge is -2.10. The van der Waals surface area contributed by atoms with E-state index < -0.39 is 20.6 Å². The summed E-state index contributed by atoms with van der Waals surface area (Å²) in [7, 11) is -1.07. The highest BCUT2D eigenvalue weighted by Crippen LogP contribution is 2.29. The third-order valence-corrected chi connectivity index (χ3v) is 5.97. The highest BCUT2D eigenvalue weighted by Gasteiger charge is 2.21. The van der Waals surface area contributed by atoms with Crippen molar-refractivity contribution in [3.63, 3.8) is 0 Å². The largest absolute Gasteiger partial charge is 0.493 e. The van der Waals surface area contributed by atoms with Crippen molar-refractivity contribution in [2.24, 2.45) is 5.10 Å². The molecule has 0 bridgehead atoms. The SMILES string of the molecule is COc1ccc(/C=N\Nc2ccc(S(=O)(=O)Nc3cccc(Cl)c3)cc2[N+](=O)[O-])cc1OC. The van der Waals surface area contributed by atoms with Gasteiger partial charge in [-0.2, -0.15) is 5.10 Å². The molecule has 0 fully saturated rings. The lowest BCUT2D eigenvalue weighted by Crippen LogP contribution is -2.13. The van der Waals surface area contributed by atoms with Crippen LogP contribution in [0.2, 0.25) is 5.02 Å². The molecule has 0 aromatic heterocycles. The van der Waals surface area contributed by atoms with E-state index >= 15 is 0 Å². The molecule has 0 unspecified atom stereocenters. The number of ether oxygens (including phenoxy) is 2. The maximum absolute atomic E-state index is 12.7. The van der Waals surface area contributed by atoms with Crippen LogP contribution in [-0.2, 0) is 10.0 Å². The minimum atomic E-state index is -4.09. The van der Waals surface area contributed by atoms with Gasteiger partial charge in [-0.05, 0) is 54.1 Å². The molecule has 0 aliphatic rings. The normalized spacial score (nSPS) is 11.2. The molecule has 3 rings (SSSR count). The van der Waals surface area contributed by atoms with Crippen LogP contribution in [-0.4, -0.2) is 33.8 Å². The number of hydrogen-bond donors (Lipinski definition) is 2. The fourth-order valence-corrected chi connectivity index (χ4v) is 4.06. The summed E-state index contributed by atoms with van der Waals surface area (Å²) in [6, 6.07) is 14.6. The molecule has 0 radical (unpaired) electrons. The molecule has 172 valence electrons. The van der Waals surface area contributed by atoms with Crippen LogP contribution in [0, 0.1) is 10.1 Å². The van der Waals surface area contributed by atoms with E-state index in [1.807, 2.05) is 0 Å². The van der Waals surface area contributed by atoms with Gasteiger partial charge in [0.1, 0.15) is 5.69 Å². The van der Waals surface area contributed by atoms with Gasteiger partial charge in [-0.15, -0.1) is 0 Å². The number of halogens is 1. The first-order chi connectivity index (χ1) is 15.7. The van der Waals surface area contributed by atoms with Crippen LogP contribution in [0.15, 0.2) is 70.7 Å². The quantitative estimate of drug-likeness (QED) is 0.256. The summed E-state index contributed by atoms with van der Waals surface area (Å²) < 4.78 is 38.1. The van der Waals surface area contributed by atoms with Gasteiger partial charge in [-0.3, -0.25) is 20.3 Å². The number of rotatable bonds is 9. The van der Waals surface area contributed by atoms with Crippen LogP contribution >= 0.6 is 11.6 Å². The number of nitro benzene ring substituents is 1. The molecule has 3 aromatic carbocycles. The fraction of sp³-hybridized carbons (Fsp3) is 0.0952. The van der Waals surface area contributed by atoms with Crippen molar-refractivity contribution in [1.29, 1.82) is 0 Å². The number of sulfonamides is 1. The average molecular weight is 491 g/mol. The minimum absolute atomic E-state index is 0.0124. The summed E-state index contributed by atoms with van der Waals surface area (Å²) in [5, 5.41) is 15.9. The smallest absolute Gasteiger partial charge is 0.295 e.